The van der Waals surface area contributed by atoms with Crippen LogP contribution >= 0.6 is 11.8 Å². The van der Waals surface area contributed by atoms with Crippen LogP contribution in [0.4, 0.5) is 11.4 Å². The van der Waals surface area contributed by atoms with Crippen molar-refractivity contribution in [3.8, 4) is 0 Å². The average molecular weight is 296 g/mol. The summed E-state index contributed by atoms with van der Waals surface area (Å²) in [6.45, 7) is 0.701. The number of hydrogen-bond donors (Lipinski definition) is 1. The highest BCUT2D eigenvalue weighted by Crippen LogP contribution is 2.29. The zero-order valence-electron chi connectivity index (χ0n) is 11.3. The van der Waals surface area contributed by atoms with Gasteiger partial charge in [-0.25, -0.2) is 4.79 Å². The highest BCUT2D eigenvalue weighted by atomic mass is 32.2. The second-order valence-corrected chi connectivity index (χ2v) is 5.08. The van der Waals surface area contributed by atoms with Crippen molar-refractivity contribution < 1.29 is 14.8 Å². The average Bonchev–Trinajstić information content (AvgIpc) is 2.42. The lowest BCUT2D eigenvalue weighted by atomic mass is 10.1. The maximum atomic E-state index is 11.1. The van der Waals surface area contributed by atoms with Crippen molar-refractivity contribution in [2.75, 3.05) is 30.5 Å². The second kappa shape index (κ2) is 7.54. The van der Waals surface area contributed by atoms with Gasteiger partial charge in [0.25, 0.3) is 5.69 Å². The lowest BCUT2D eigenvalue weighted by Crippen LogP contribution is -2.21. The molecule has 0 saturated heterocycles. The van der Waals surface area contributed by atoms with Gasteiger partial charge in [-0.1, -0.05) is 6.07 Å². The van der Waals surface area contributed by atoms with E-state index in [0.29, 0.717) is 17.8 Å². The molecule has 6 nitrogen and oxygen atoms in total. The van der Waals surface area contributed by atoms with Crippen LogP contribution < -0.4 is 4.90 Å². The minimum atomic E-state index is -1.09. The molecule has 0 unspecified atom stereocenters. The van der Waals surface area contributed by atoms with E-state index in [-0.39, 0.29) is 5.69 Å². The first-order valence-electron chi connectivity index (χ1n) is 5.85. The molecule has 0 bridgehead atoms. The molecule has 0 radical (unpaired) electrons. The number of rotatable bonds is 7. The number of hydrogen-bond acceptors (Lipinski definition) is 5. The third kappa shape index (κ3) is 4.58. The third-order valence-electron chi connectivity index (χ3n) is 2.66. The summed E-state index contributed by atoms with van der Waals surface area (Å²) in [6, 6.07) is 4.68. The van der Waals surface area contributed by atoms with Crippen molar-refractivity contribution in [2.45, 2.75) is 0 Å². The number of carbonyl (C=O) groups is 1. The lowest BCUT2D eigenvalue weighted by Gasteiger charge is -2.18. The lowest BCUT2D eigenvalue weighted by molar-refractivity contribution is -0.384. The SMILES string of the molecule is CSCCN(C)c1ccc(/C=C/C(=O)O)cc1[N+](=O)[O-]. The number of benzene rings is 1. The number of carboxylic acids is 1. The van der Waals surface area contributed by atoms with E-state index in [9.17, 15) is 14.9 Å². The van der Waals surface area contributed by atoms with E-state index in [0.717, 1.165) is 11.8 Å². The van der Waals surface area contributed by atoms with Gasteiger partial charge < -0.3 is 10.0 Å². The summed E-state index contributed by atoms with van der Waals surface area (Å²) < 4.78 is 0. The molecule has 0 aromatic heterocycles. The zero-order chi connectivity index (χ0) is 15.1. The molecule has 0 saturated carbocycles. The van der Waals surface area contributed by atoms with E-state index in [1.807, 2.05) is 11.2 Å². The van der Waals surface area contributed by atoms with Crippen molar-refractivity contribution in [1.82, 2.24) is 0 Å². The highest BCUT2D eigenvalue weighted by molar-refractivity contribution is 7.98. The van der Waals surface area contributed by atoms with E-state index in [4.69, 9.17) is 5.11 Å². The van der Waals surface area contributed by atoms with Gasteiger partial charge in [0.15, 0.2) is 0 Å². The molecular weight excluding hydrogens is 280 g/mol. The molecule has 0 aliphatic rings. The van der Waals surface area contributed by atoms with Crippen LogP contribution in [0, 0.1) is 10.1 Å². The number of anilines is 1. The molecule has 1 aromatic rings. The molecule has 7 heteroatoms. The quantitative estimate of drug-likeness (QED) is 0.473. The maximum absolute atomic E-state index is 11.1. The van der Waals surface area contributed by atoms with E-state index < -0.39 is 10.9 Å². The molecule has 0 atom stereocenters. The summed E-state index contributed by atoms with van der Waals surface area (Å²) in [5.74, 6) is -0.220. The van der Waals surface area contributed by atoms with Crippen molar-refractivity contribution in [3.05, 3.63) is 40.0 Å². The van der Waals surface area contributed by atoms with Crippen molar-refractivity contribution in [2.24, 2.45) is 0 Å². The third-order valence-corrected chi connectivity index (χ3v) is 3.25. The van der Waals surface area contributed by atoms with Crippen LogP contribution in [0.5, 0.6) is 0 Å². The Bertz CT molecular complexity index is 531. The van der Waals surface area contributed by atoms with E-state index in [1.165, 1.54) is 12.1 Å². The number of aliphatic carboxylic acids is 1. The van der Waals surface area contributed by atoms with Crippen LogP contribution in [0.3, 0.4) is 0 Å². The van der Waals surface area contributed by atoms with Gasteiger partial charge >= 0.3 is 5.97 Å². The number of nitrogens with zero attached hydrogens (tertiary/aromatic N) is 2. The Morgan fingerprint density at radius 2 is 2.25 bits per heavy atom. The number of nitro benzene ring substituents is 1. The fourth-order valence-corrected chi connectivity index (χ4v) is 2.09. The minimum Gasteiger partial charge on any atom is -0.478 e. The van der Waals surface area contributed by atoms with Gasteiger partial charge in [-0.05, 0) is 24.0 Å². The topological polar surface area (TPSA) is 83.7 Å². The molecule has 0 aliphatic heterocycles. The van der Waals surface area contributed by atoms with Crippen molar-refractivity contribution in [1.29, 1.82) is 0 Å². The van der Waals surface area contributed by atoms with Crippen LogP contribution in [0.25, 0.3) is 6.08 Å². The van der Waals surface area contributed by atoms with Crippen molar-refractivity contribution >= 4 is 35.2 Å². The Morgan fingerprint density at radius 3 is 2.80 bits per heavy atom. The largest absolute Gasteiger partial charge is 0.478 e. The van der Waals surface area contributed by atoms with Gasteiger partial charge in [0.2, 0.25) is 0 Å². The standard InChI is InChI=1S/C13H16N2O4S/c1-14(7-8-20-2)11-5-3-10(4-6-13(16)17)9-12(11)15(18)19/h3-6,9H,7-8H2,1-2H3,(H,16,17)/b6-4+. The molecule has 1 aromatic carbocycles. The fourth-order valence-electron chi connectivity index (χ4n) is 1.63. The number of carboxylic acid groups (broad SMARTS) is 1. The van der Waals surface area contributed by atoms with E-state index in [1.54, 1.807) is 30.9 Å². The van der Waals surface area contributed by atoms with Crippen LogP contribution in [0.1, 0.15) is 5.56 Å². The predicted octanol–water partition coefficient (Wildman–Crippen LogP) is 2.49. The second-order valence-electron chi connectivity index (χ2n) is 4.09. The smallest absolute Gasteiger partial charge is 0.328 e. The Morgan fingerprint density at radius 1 is 1.55 bits per heavy atom. The summed E-state index contributed by atoms with van der Waals surface area (Å²) in [5, 5.41) is 19.7. The van der Waals surface area contributed by atoms with E-state index >= 15 is 0 Å². The number of thioether (sulfide) groups is 1. The van der Waals surface area contributed by atoms with Gasteiger partial charge in [-0.3, -0.25) is 10.1 Å². The zero-order valence-corrected chi connectivity index (χ0v) is 12.1. The van der Waals surface area contributed by atoms with Gasteiger partial charge in [0.1, 0.15) is 5.69 Å². The van der Waals surface area contributed by atoms with E-state index in [2.05, 4.69) is 0 Å². The fraction of sp³-hybridized carbons (Fsp3) is 0.308. The van der Waals surface area contributed by atoms with Crippen molar-refractivity contribution in [3.63, 3.8) is 0 Å². The Hall–Kier alpha value is -2.02. The molecule has 0 heterocycles. The summed E-state index contributed by atoms with van der Waals surface area (Å²) >= 11 is 1.67. The first-order chi connectivity index (χ1) is 9.45. The number of nitro groups is 1. The Labute approximate surface area is 121 Å². The summed E-state index contributed by atoms with van der Waals surface area (Å²) in [5.41, 5.74) is 0.985. The van der Waals surface area contributed by atoms with Crippen LogP contribution in [-0.4, -0.2) is 41.6 Å². The Balaban J connectivity index is 3.07. The minimum absolute atomic E-state index is 0.0267. The normalized spacial score (nSPS) is 10.7. The summed E-state index contributed by atoms with van der Waals surface area (Å²) in [7, 11) is 1.80. The molecule has 0 fully saturated rings. The molecule has 1 N–H and O–H groups in total. The van der Waals surface area contributed by atoms with Gasteiger partial charge in [0, 0.05) is 31.5 Å². The predicted molar refractivity (Wildman–Crippen MR) is 81.4 cm³/mol. The summed E-state index contributed by atoms with van der Waals surface area (Å²) in [6.07, 6.45) is 4.26. The molecule has 0 spiro atoms. The molecular formula is C13H16N2O4S. The van der Waals surface area contributed by atoms with Gasteiger partial charge in [0.05, 0.1) is 4.92 Å². The monoisotopic (exact) mass is 296 g/mol. The first kappa shape index (κ1) is 16.0. The molecule has 0 aliphatic carbocycles. The maximum Gasteiger partial charge on any atom is 0.328 e. The van der Waals surface area contributed by atoms with Crippen LogP contribution in [0.2, 0.25) is 0 Å². The van der Waals surface area contributed by atoms with Gasteiger partial charge in [-0.15, -0.1) is 0 Å². The molecule has 108 valence electrons. The van der Waals surface area contributed by atoms with Gasteiger partial charge in [-0.2, -0.15) is 11.8 Å². The molecule has 1 rings (SSSR count). The van der Waals surface area contributed by atoms with Crippen LogP contribution in [-0.2, 0) is 4.79 Å². The molecule has 20 heavy (non-hydrogen) atoms. The summed E-state index contributed by atoms with van der Waals surface area (Å²) in [4.78, 5) is 22.9. The first-order valence-corrected chi connectivity index (χ1v) is 7.24. The Kier molecular flexibility index (Phi) is 6.05. The van der Waals surface area contributed by atoms with Crippen LogP contribution in [0.15, 0.2) is 24.3 Å². The molecule has 0 amide bonds. The highest BCUT2D eigenvalue weighted by Gasteiger charge is 2.17.